The molecule has 6 nitrogen and oxygen atoms in total. The summed E-state index contributed by atoms with van der Waals surface area (Å²) in [6, 6.07) is 10.2. The van der Waals surface area contributed by atoms with E-state index in [1.165, 1.54) is 4.90 Å². The molecule has 1 aliphatic rings. The fraction of sp³-hybridized carbons (Fsp3) is 0.381. The second kappa shape index (κ2) is 7.83. The molecule has 1 aliphatic carbocycles. The van der Waals surface area contributed by atoms with Gasteiger partial charge in [-0.15, -0.1) is 22.0 Å². The Morgan fingerprint density at radius 2 is 2.00 bits per heavy atom. The van der Waals surface area contributed by atoms with Crippen LogP contribution >= 0.6 is 11.8 Å². The van der Waals surface area contributed by atoms with Gasteiger partial charge in [0.15, 0.2) is 0 Å². The summed E-state index contributed by atoms with van der Waals surface area (Å²) in [4.78, 5) is 13.7. The van der Waals surface area contributed by atoms with Crippen molar-refractivity contribution in [2.24, 2.45) is 0 Å². The maximum Gasteiger partial charge on any atom is 0.249 e. The Labute approximate surface area is 168 Å². The van der Waals surface area contributed by atoms with Crippen LogP contribution < -0.4 is 5.32 Å². The summed E-state index contributed by atoms with van der Waals surface area (Å²) < 4.78 is 7.82. The van der Waals surface area contributed by atoms with Gasteiger partial charge < -0.3 is 14.3 Å². The number of aromatic nitrogens is 3. The number of amides is 1. The second-order valence-corrected chi connectivity index (χ2v) is 8.10. The fourth-order valence-electron chi connectivity index (χ4n) is 3.24. The van der Waals surface area contributed by atoms with Crippen molar-refractivity contribution in [2.45, 2.75) is 50.6 Å². The van der Waals surface area contributed by atoms with Crippen LogP contribution in [-0.4, -0.2) is 26.9 Å². The average Bonchev–Trinajstić information content (AvgIpc) is 3.38. The van der Waals surface area contributed by atoms with E-state index in [0.29, 0.717) is 18.4 Å². The van der Waals surface area contributed by atoms with Gasteiger partial charge >= 0.3 is 0 Å². The Morgan fingerprint density at radius 1 is 1.25 bits per heavy atom. The topological polar surface area (TPSA) is 73.0 Å². The Hall–Kier alpha value is -2.54. The summed E-state index contributed by atoms with van der Waals surface area (Å²) in [7, 11) is 0. The highest BCUT2D eigenvalue weighted by Crippen LogP contribution is 2.40. The highest BCUT2D eigenvalue weighted by Gasteiger charge is 2.30. The van der Waals surface area contributed by atoms with Crippen LogP contribution in [0.1, 0.15) is 41.6 Å². The smallest absolute Gasteiger partial charge is 0.249 e. The molecule has 1 amide bonds. The van der Waals surface area contributed by atoms with Crippen molar-refractivity contribution >= 4 is 17.7 Å². The quantitative estimate of drug-likeness (QED) is 0.610. The van der Waals surface area contributed by atoms with Crippen LogP contribution in [-0.2, 0) is 17.9 Å². The van der Waals surface area contributed by atoms with Crippen molar-refractivity contribution < 1.29 is 9.21 Å². The van der Waals surface area contributed by atoms with Crippen molar-refractivity contribution in [2.75, 3.05) is 6.26 Å². The third-order valence-corrected chi connectivity index (χ3v) is 5.87. The molecule has 0 saturated heterocycles. The average molecular weight is 397 g/mol. The number of benzene rings is 1. The zero-order valence-corrected chi connectivity index (χ0v) is 17.2. The second-order valence-electron chi connectivity index (χ2n) is 7.22. The molecule has 2 aromatic heterocycles. The number of carbonyl (C=O) groups is 1. The zero-order chi connectivity index (χ0) is 19.7. The molecule has 0 radical (unpaired) electrons. The number of hydrogen-bond donors (Lipinski definition) is 1. The summed E-state index contributed by atoms with van der Waals surface area (Å²) >= 11 is 1.71. The zero-order valence-electron chi connectivity index (χ0n) is 16.4. The lowest BCUT2D eigenvalue weighted by Gasteiger charge is -2.10. The minimum Gasteiger partial charge on any atom is -0.420 e. The van der Waals surface area contributed by atoms with Crippen LogP contribution in [0.2, 0.25) is 0 Å². The van der Waals surface area contributed by atoms with E-state index in [0.717, 1.165) is 41.2 Å². The Balaban J connectivity index is 1.42. The molecule has 1 aromatic carbocycles. The van der Waals surface area contributed by atoms with Gasteiger partial charge in [-0.05, 0) is 56.7 Å². The van der Waals surface area contributed by atoms with Crippen LogP contribution in [0.4, 0.5) is 0 Å². The van der Waals surface area contributed by atoms with E-state index >= 15 is 0 Å². The number of carbonyl (C=O) groups excluding carboxylic acids is 1. The molecule has 0 unspecified atom stereocenters. The van der Waals surface area contributed by atoms with E-state index in [9.17, 15) is 4.79 Å². The van der Waals surface area contributed by atoms with Gasteiger partial charge in [-0.2, -0.15) is 0 Å². The Bertz CT molecular complexity index is 987. The summed E-state index contributed by atoms with van der Waals surface area (Å²) in [5, 5.41) is 11.4. The Morgan fingerprint density at radius 3 is 2.68 bits per heavy atom. The number of aryl methyl sites for hydroxylation is 1. The molecule has 1 N–H and O–H groups in total. The van der Waals surface area contributed by atoms with Gasteiger partial charge in [-0.3, -0.25) is 4.79 Å². The molecule has 0 atom stereocenters. The first kappa shape index (κ1) is 18.8. The van der Waals surface area contributed by atoms with Crippen LogP contribution in [0.3, 0.4) is 0 Å². The fourth-order valence-corrected chi connectivity index (χ4v) is 3.65. The first-order chi connectivity index (χ1) is 13.5. The minimum atomic E-state index is -0.0218. The maximum absolute atomic E-state index is 12.5. The molecule has 0 spiro atoms. The van der Waals surface area contributed by atoms with Crippen molar-refractivity contribution in [3.8, 4) is 11.5 Å². The SMILES string of the molecule is CSc1ccc(CNC(=O)Cn2c(C)cc(-c3nnc(C4CC4)o3)c2C)cc1. The lowest BCUT2D eigenvalue weighted by molar-refractivity contribution is -0.121. The van der Waals surface area contributed by atoms with Crippen LogP contribution in [0, 0.1) is 13.8 Å². The number of thioether (sulfide) groups is 1. The predicted molar refractivity (Wildman–Crippen MR) is 109 cm³/mol. The first-order valence-electron chi connectivity index (χ1n) is 9.45. The van der Waals surface area contributed by atoms with E-state index in [4.69, 9.17) is 4.42 Å². The first-order valence-corrected chi connectivity index (χ1v) is 10.7. The van der Waals surface area contributed by atoms with E-state index in [1.54, 1.807) is 11.8 Å². The summed E-state index contributed by atoms with van der Waals surface area (Å²) in [6.07, 6.45) is 4.30. The number of hydrogen-bond acceptors (Lipinski definition) is 5. The molecule has 146 valence electrons. The molecule has 0 bridgehead atoms. The Kier molecular flexibility index (Phi) is 5.26. The maximum atomic E-state index is 12.5. The van der Waals surface area contributed by atoms with Crippen molar-refractivity contribution in [3.63, 3.8) is 0 Å². The van der Waals surface area contributed by atoms with E-state index in [1.807, 2.05) is 42.9 Å². The molecule has 1 fully saturated rings. The molecule has 4 rings (SSSR count). The molecule has 7 heteroatoms. The molecular weight excluding hydrogens is 372 g/mol. The van der Waals surface area contributed by atoms with E-state index in [-0.39, 0.29) is 12.5 Å². The van der Waals surface area contributed by atoms with Gasteiger partial charge in [-0.25, -0.2) is 0 Å². The lowest BCUT2D eigenvalue weighted by atomic mass is 10.2. The summed E-state index contributed by atoms with van der Waals surface area (Å²) in [5.74, 6) is 1.67. The van der Waals surface area contributed by atoms with Gasteiger partial charge in [0.1, 0.15) is 6.54 Å². The molecule has 2 heterocycles. The number of nitrogens with zero attached hydrogens (tertiary/aromatic N) is 3. The minimum absolute atomic E-state index is 0.0218. The van der Waals surface area contributed by atoms with Gasteiger partial charge in [0, 0.05) is 28.7 Å². The molecule has 3 aromatic rings. The highest BCUT2D eigenvalue weighted by molar-refractivity contribution is 7.98. The van der Waals surface area contributed by atoms with Crippen molar-refractivity contribution in [3.05, 3.63) is 53.2 Å². The normalized spacial score (nSPS) is 13.7. The van der Waals surface area contributed by atoms with Gasteiger partial charge in [0.05, 0.1) is 5.56 Å². The highest BCUT2D eigenvalue weighted by atomic mass is 32.2. The molecule has 1 saturated carbocycles. The number of rotatable bonds is 7. The lowest BCUT2D eigenvalue weighted by Crippen LogP contribution is -2.27. The number of nitrogens with one attached hydrogen (secondary N) is 1. The van der Waals surface area contributed by atoms with Crippen LogP contribution in [0.15, 0.2) is 39.6 Å². The van der Waals surface area contributed by atoms with Crippen molar-refractivity contribution in [1.82, 2.24) is 20.1 Å². The van der Waals surface area contributed by atoms with Crippen molar-refractivity contribution in [1.29, 1.82) is 0 Å². The van der Waals surface area contributed by atoms with Crippen LogP contribution in [0.5, 0.6) is 0 Å². The summed E-state index contributed by atoms with van der Waals surface area (Å²) in [6.45, 7) is 4.76. The van der Waals surface area contributed by atoms with Gasteiger partial charge in [-0.1, -0.05) is 12.1 Å². The summed E-state index contributed by atoms with van der Waals surface area (Å²) in [5.41, 5.74) is 3.95. The largest absolute Gasteiger partial charge is 0.420 e. The van der Waals surface area contributed by atoms with E-state index in [2.05, 4.69) is 27.6 Å². The van der Waals surface area contributed by atoms with Crippen LogP contribution in [0.25, 0.3) is 11.5 Å². The standard InChI is InChI=1S/C21H24N4O2S/c1-13-10-18(21-24-23-20(27-21)16-6-7-16)14(2)25(13)12-19(26)22-11-15-4-8-17(28-3)9-5-15/h4-5,8-10,16H,6-7,11-12H2,1-3H3,(H,22,26). The monoisotopic (exact) mass is 396 g/mol. The molecule has 28 heavy (non-hydrogen) atoms. The van der Waals surface area contributed by atoms with Gasteiger partial charge in [0.2, 0.25) is 17.7 Å². The predicted octanol–water partition coefficient (Wildman–Crippen LogP) is 4.07. The third-order valence-electron chi connectivity index (χ3n) is 5.12. The third kappa shape index (κ3) is 3.99. The molecular formula is C21H24N4O2S. The van der Waals surface area contributed by atoms with Gasteiger partial charge in [0.25, 0.3) is 0 Å². The van der Waals surface area contributed by atoms with E-state index < -0.39 is 0 Å². The molecule has 0 aliphatic heterocycles.